The second kappa shape index (κ2) is 13.7. The number of nitrogens with zero attached hydrogens (tertiary/aromatic N) is 1. The number of nitrogens with one attached hydrogen (secondary N) is 3. The highest BCUT2D eigenvalue weighted by Gasteiger charge is 2.29. The highest BCUT2D eigenvalue weighted by molar-refractivity contribution is 8.25. The average molecular weight is 553 g/mol. The molecule has 206 valence electrons. The molecule has 0 bridgehead atoms. The summed E-state index contributed by atoms with van der Waals surface area (Å²) in [7, 11) is -2.91. The van der Waals surface area contributed by atoms with Crippen LogP contribution in [0.15, 0.2) is 48.5 Å². The minimum Gasteiger partial charge on any atom is -0.390 e. The lowest BCUT2D eigenvalue weighted by Crippen LogP contribution is -2.49. The molecule has 4 rings (SSSR count). The molecule has 2 atom stereocenters. The van der Waals surface area contributed by atoms with E-state index < -0.39 is 22.9 Å². The van der Waals surface area contributed by atoms with Gasteiger partial charge in [-0.2, -0.15) is 0 Å². The SMILES string of the molecule is CCNc1cc(C(=O)N[C@@H](Cc2ccccc2)[C@H](O)CNCC2CC2)cc(N2CCCCS2(O)O)c1.Cl. The van der Waals surface area contributed by atoms with Gasteiger partial charge in [0.2, 0.25) is 0 Å². The number of aliphatic hydroxyl groups excluding tert-OH is 1. The standard InChI is InChI=1S/C27H40N4O4S.ClH/c1-2-29-23-15-22(16-24(17-23)31-12-6-7-13-36(31,34)35)27(33)30-25(14-20-8-4-3-5-9-20)26(32)19-28-18-21-10-11-21;/h3-5,8-9,15-17,21,25-26,28-29,32,34-35H,2,6-7,10-14,18-19H2,1H3,(H,30,33);1H/t25-,26+;/m0./s1. The summed E-state index contributed by atoms with van der Waals surface area (Å²) in [4.78, 5) is 13.5. The number of hydrogen-bond acceptors (Lipinski definition) is 7. The van der Waals surface area contributed by atoms with Crippen molar-refractivity contribution in [3.05, 3.63) is 59.7 Å². The number of anilines is 2. The Balaban J connectivity index is 0.00000380. The second-order valence-electron chi connectivity index (χ2n) is 9.88. The summed E-state index contributed by atoms with van der Waals surface area (Å²) < 4.78 is 22.9. The van der Waals surface area contributed by atoms with Crippen molar-refractivity contribution in [3.8, 4) is 0 Å². The van der Waals surface area contributed by atoms with E-state index in [9.17, 15) is 19.0 Å². The smallest absolute Gasteiger partial charge is 0.251 e. The molecular formula is C27H41ClN4O4S. The molecule has 1 saturated carbocycles. The highest BCUT2D eigenvalue weighted by atomic mass is 35.5. The number of aliphatic hydroxyl groups is 1. The zero-order chi connectivity index (χ0) is 25.5. The van der Waals surface area contributed by atoms with Crippen LogP contribution in [0, 0.1) is 5.92 Å². The molecule has 10 heteroatoms. The van der Waals surface area contributed by atoms with Gasteiger partial charge in [-0.3, -0.25) is 18.2 Å². The Hall–Kier alpha value is -2.01. The van der Waals surface area contributed by atoms with Crippen LogP contribution in [0.3, 0.4) is 0 Å². The molecule has 37 heavy (non-hydrogen) atoms. The van der Waals surface area contributed by atoms with Crippen molar-refractivity contribution in [2.24, 2.45) is 5.92 Å². The predicted molar refractivity (Wildman–Crippen MR) is 155 cm³/mol. The Morgan fingerprint density at radius 3 is 2.57 bits per heavy atom. The van der Waals surface area contributed by atoms with Crippen LogP contribution >= 0.6 is 23.2 Å². The van der Waals surface area contributed by atoms with Gasteiger partial charge in [-0.1, -0.05) is 30.3 Å². The van der Waals surface area contributed by atoms with Crippen LogP contribution in [0.1, 0.15) is 48.5 Å². The maximum Gasteiger partial charge on any atom is 0.251 e. The molecule has 0 unspecified atom stereocenters. The Bertz CT molecular complexity index is 1010. The third kappa shape index (κ3) is 8.49. The lowest BCUT2D eigenvalue weighted by Gasteiger charge is -2.47. The first-order chi connectivity index (χ1) is 17.4. The van der Waals surface area contributed by atoms with Crippen molar-refractivity contribution in [3.63, 3.8) is 0 Å². The van der Waals surface area contributed by atoms with Gasteiger partial charge in [-0.15, -0.1) is 23.2 Å². The molecule has 2 aromatic rings. The van der Waals surface area contributed by atoms with Gasteiger partial charge in [-0.05, 0) is 75.3 Å². The Morgan fingerprint density at radius 2 is 1.89 bits per heavy atom. The zero-order valence-electron chi connectivity index (χ0n) is 21.4. The number of halogens is 1. The molecule has 6 N–H and O–H groups in total. The topological polar surface area (TPSA) is 117 Å². The van der Waals surface area contributed by atoms with E-state index in [1.807, 2.05) is 43.3 Å². The fourth-order valence-corrected chi connectivity index (χ4v) is 6.28. The summed E-state index contributed by atoms with van der Waals surface area (Å²) >= 11 is 0. The molecule has 1 amide bonds. The Labute approximate surface area is 228 Å². The Morgan fingerprint density at radius 1 is 1.14 bits per heavy atom. The number of rotatable bonds is 12. The molecule has 0 radical (unpaired) electrons. The van der Waals surface area contributed by atoms with Crippen LogP contribution in [-0.2, 0) is 6.42 Å². The molecule has 1 heterocycles. The first-order valence-electron chi connectivity index (χ1n) is 13.0. The highest BCUT2D eigenvalue weighted by Crippen LogP contribution is 2.50. The second-order valence-corrected chi connectivity index (χ2v) is 12.0. The zero-order valence-corrected chi connectivity index (χ0v) is 23.1. The van der Waals surface area contributed by atoms with Gasteiger partial charge in [0.25, 0.3) is 5.91 Å². The van der Waals surface area contributed by atoms with Crippen molar-refractivity contribution in [1.82, 2.24) is 10.6 Å². The van der Waals surface area contributed by atoms with E-state index in [2.05, 4.69) is 16.0 Å². The molecule has 1 aliphatic heterocycles. The van der Waals surface area contributed by atoms with Crippen LogP contribution in [0.2, 0.25) is 0 Å². The van der Waals surface area contributed by atoms with Crippen molar-refractivity contribution in [2.75, 3.05) is 41.6 Å². The molecule has 2 aliphatic rings. The summed E-state index contributed by atoms with van der Waals surface area (Å²) in [6, 6.07) is 14.7. The predicted octanol–water partition coefficient (Wildman–Crippen LogP) is 4.51. The molecule has 1 aliphatic carbocycles. The van der Waals surface area contributed by atoms with Gasteiger partial charge in [0.1, 0.15) is 0 Å². The van der Waals surface area contributed by atoms with Crippen molar-refractivity contribution in [2.45, 2.75) is 51.2 Å². The maximum absolute atomic E-state index is 13.5. The molecule has 2 fully saturated rings. The normalized spacial score (nSPS) is 19.3. The number of carbonyl (C=O) groups excluding carboxylic acids is 1. The maximum atomic E-state index is 13.5. The van der Waals surface area contributed by atoms with Crippen LogP contribution in [0.5, 0.6) is 0 Å². The van der Waals surface area contributed by atoms with Crippen LogP contribution in [0.4, 0.5) is 11.4 Å². The quantitative estimate of drug-likeness (QED) is 0.229. The summed E-state index contributed by atoms with van der Waals surface area (Å²) in [5.41, 5.74) is 2.81. The van der Waals surface area contributed by atoms with Gasteiger partial charge in [0.15, 0.2) is 0 Å². The third-order valence-electron chi connectivity index (χ3n) is 6.79. The monoisotopic (exact) mass is 552 g/mol. The summed E-state index contributed by atoms with van der Waals surface area (Å²) in [5, 5.41) is 20.7. The van der Waals surface area contributed by atoms with E-state index in [0.29, 0.717) is 49.0 Å². The third-order valence-corrected chi connectivity index (χ3v) is 8.73. The van der Waals surface area contributed by atoms with Crippen LogP contribution in [0.25, 0.3) is 0 Å². The average Bonchev–Trinajstić information content (AvgIpc) is 3.68. The molecule has 8 nitrogen and oxygen atoms in total. The number of benzene rings is 2. The minimum atomic E-state index is -2.91. The van der Waals surface area contributed by atoms with E-state index in [0.717, 1.165) is 30.6 Å². The minimum absolute atomic E-state index is 0. The van der Waals surface area contributed by atoms with Crippen molar-refractivity contribution < 1.29 is 19.0 Å². The number of carbonyl (C=O) groups is 1. The molecule has 0 aromatic heterocycles. The van der Waals surface area contributed by atoms with E-state index in [-0.39, 0.29) is 18.3 Å². The largest absolute Gasteiger partial charge is 0.390 e. The van der Waals surface area contributed by atoms with Crippen molar-refractivity contribution >= 4 is 40.5 Å². The molecule has 2 aromatic carbocycles. The van der Waals surface area contributed by atoms with E-state index in [1.165, 1.54) is 12.8 Å². The fraction of sp³-hybridized carbons (Fsp3) is 0.519. The van der Waals surface area contributed by atoms with Crippen LogP contribution in [-0.4, -0.2) is 64.2 Å². The Kier molecular flexibility index (Phi) is 10.9. The lowest BCUT2D eigenvalue weighted by atomic mass is 10.00. The van der Waals surface area contributed by atoms with Gasteiger partial charge in [-0.25, -0.2) is 0 Å². The van der Waals surface area contributed by atoms with Crippen molar-refractivity contribution in [1.29, 1.82) is 0 Å². The van der Waals surface area contributed by atoms with E-state index in [1.54, 1.807) is 16.4 Å². The molecule has 0 spiro atoms. The molecular weight excluding hydrogens is 512 g/mol. The first kappa shape index (κ1) is 29.5. The number of amides is 1. The number of hydrogen-bond donors (Lipinski definition) is 6. The lowest BCUT2D eigenvalue weighted by molar-refractivity contribution is 0.0830. The summed E-state index contributed by atoms with van der Waals surface area (Å²) in [6.45, 7) is 4.47. The van der Waals surface area contributed by atoms with Gasteiger partial charge >= 0.3 is 0 Å². The summed E-state index contributed by atoms with van der Waals surface area (Å²) in [6.07, 6.45) is 3.86. The van der Waals surface area contributed by atoms with Crippen LogP contribution < -0.4 is 20.3 Å². The van der Waals surface area contributed by atoms with Gasteiger partial charge in [0.05, 0.1) is 23.6 Å². The summed E-state index contributed by atoms with van der Waals surface area (Å²) in [5.74, 6) is 0.736. The molecule has 1 saturated heterocycles. The van der Waals surface area contributed by atoms with E-state index >= 15 is 0 Å². The van der Waals surface area contributed by atoms with E-state index in [4.69, 9.17) is 0 Å². The fourth-order valence-electron chi connectivity index (χ4n) is 4.60. The van der Waals surface area contributed by atoms with Gasteiger partial charge < -0.3 is 21.1 Å². The first-order valence-corrected chi connectivity index (χ1v) is 14.7. The van der Waals surface area contributed by atoms with Gasteiger partial charge in [0, 0.05) is 30.9 Å².